The zero-order valence-electron chi connectivity index (χ0n) is 11.0. The second kappa shape index (κ2) is 5.26. The largest absolute Gasteiger partial charge is 0.488 e. The Bertz CT molecular complexity index is 531. The van der Waals surface area contributed by atoms with E-state index in [-0.39, 0.29) is 24.8 Å². The molecule has 20 heavy (non-hydrogen) atoms. The number of hydrogen-bond donors (Lipinski definition) is 1. The molecular weight excluding hydrogens is 281 g/mol. The summed E-state index contributed by atoms with van der Waals surface area (Å²) < 4.78 is 19.1. The number of thioether (sulfide) groups is 1. The summed E-state index contributed by atoms with van der Waals surface area (Å²) in [5, 5.41) is 10.4. The second-order valence-electron chi connectivity index (χ2n) is 5.14. The van der Waals surface area contributed by atoms with Crippen molar-refractivity contribution in [3.63, 3.8) is 0 Å². The molecular formula is C14H16FNO3S. The number of carbonyl (C=O) groups excluding carboxylic acids is 1. The third-order valence-corrected chi connectivity index (χ3v) is 4.88. The van der Waals surface area contributed by atoms with E-state index in [2.05, 4.69) is 0 Å². The van der Waals surface area contributed by atoms with E-state index in [1.165, 1.54) is 6.07 Å². The van der Waals surface area contributed by atoms with E-state index in [1.54, 1.807) is 28.8 Å². The molecule has 4 nitrogen and oxygen atoms in total. The average Bonchev–Trinajstić information content (AvgIpc) is 2.75. The summed E-state index contributed by atoms with van der Waals surface area (Å²) in [5.41, 5.74) is -0.632. The minimum absolute atomic E-state index is 0.218. The topological polar surface area (TPSA) is 49.8 Å². The van der Waals surface area contributed by atoms with Crippen molar-refractivity contribution in [3.8, 4) is 5.75 Å². The Hall–Kier alpha value is -1.27. The van der Waals surface area contributed by atoms with Gasteiger partial charge in [0.1, 0.15) is 6.61 Å². The van der Waals surface area contributed by atoms with Gasteiger partial charge in [-0.1, -0.05) is 12.1 Å². The van der Waals surface area contributed by atoms with E-state index < -0.39 is 11.4 Å². The lowest BCUT2D eigenvalue weighted by Gasteiger charge is -2.28. The summed E-state index contributed by atoms with van der Waals surface area (Å²) in [7, 11) is 0. The van der Waals surface area contributed by atoms with Crippen molar-refractivity contribution in [3.05, 3.63) is 29.6 Å². The fourth-order valence-electron chi connectivity index (χ4n) is 2.57. The number of fused-ring (bicyclic) bond motifs is 1. The van der Waals surface area contributed by atoms with Gasteiger partial charge in [-0.3, -0.25) is 4.79 Å². The van der Waals surface area contributed by atoms with Crippen LogP contribution in [0.1, 0.15) is 12.0 Å². The summed E-state index contributed by atoms with van der Waals surface area (Å²) in [6, 6.07) is 4.69. The van der Waals surface area contributed by atoms with Crippen LogP contribution in [0.25, 0.3) is 0 Å². The number of carbonyl (C=O) groups is 1. The smallest absolute Gasteiger partial charge is 0.255 e. The number of benzene rings is 1. The summed E-state index contributed by atoms with van der Waals surface area (Å²) in [5.74, 6) is 0.752. The molecule has 1 atom stereocenters. The highest BCUT2D eigenvalue weighted by atomic mass is 32.2. The Morgan fingerprint density at radius 3 is 3.10 bits per heavy atom. The standard InChI is InChI=1S/C14H16FNO3S/c15-11-3-1-2-10-8-16(5-6-19-12(10)11)13(17)14(18)4-7-20-9-14/h1-3,18H,4-9H2/t14-/m0/s1. The first-order valence-electron chi connectivity index (χ1n) is 6.60. The van der Waals surface area contributed by atoms with Crippen molar-refractivity contribution in [1.29, 1.82) is 0 Å². The van der Waals surface area contributed by atoms with Crippen LogP contribution in [-0.2, 0) is 11.3 Å². The van der Waals surface area contributed by atoms with E-state index in [1.807, 2.05) is 0 Å². The van der Waals surface area contributed by atoms with Crippen LogP contribution < -0.4 is 4.74 Å². The Morgan fingerprint density at radius 1 is 1.50 bits per heavy atom. The number of rotatable bonds is 1. The SMILES string of the molecule is O=C(N1CCOc2c(F)cccc2C1)[C@]1(O)CCSC1. The van der Waals surface area contributed by atoms with E-state index in [0.717, 1.165) is 5.75 Å². The molecule has 0 bridgehead atoms. The molecule has 0 unspecified atom stereocenters. The third kappa shape index (κ3) is 2.38. The number of amides is 1. The molecule has 108 valence electrons. The summed E-state index contributed by atoms with van der Waals surface area (Å²) >= 11 is 1.58. The van der Waals surface area contributed by atoms with Gasteiger partial charge in [-0.25, -0.2) is 4.39 Å². The van der Waals surface area contributed by atoms with Crippen LogP contribution >= 0.6 is 11.8 Å². The maximum Gasteiger partial charge on any atom is 0.255 e. The van der Waals surface area contributed by atoms with Gasteiger partial charge in [-0.2, -0.15) is 11.8 Å². The fraction of sp³-hybridized carbons (Fsp3) is 0.500. The lowest BCUT2D eigenvalue weighted by Crippen LogP contribution is -2.49. The molecule has 1 aromatic carbocycles. The highest BCUT2D eigenvalue weighted by molar-refractivity contribution is 7.99. The highest BCUT2D eigenvalue weighted by Gasteiger charge is 2.42. The van der Waals surface area contributed by atoms with Crippen molar-refractivity contribution in [1.82, 2.24) is 4.90 Å². The van der Waals surface area contributed by atoms with Gasteiger partial charge in [0, 0.05) is 17.9 Å². The van der Waals surface area contributed by atoms with Crippen molar-refractivity contribution in [2.24, 2.45) is 0 Å². The maximum atomic E-state index is 13.7. The molecule has 0 saturated carbocycles. The Labute approximate surface area is 120 Å². The van der Waals surface area contributed by atoms with Gasteiger partial charge in [0.2, 0.25) is 0 Å². The van der Waals surface area contributed by atoms with Gasteiger partial charge in [-0.15, -0.1) is 0 Å². The van der Waals surface area contributed by atoms with Gasteiger partial charge in [0.15, 0.2) is 17.2 Å². The molecule has 1 saturated heterocycles. The Kier molecular flexibility index (Phi) is 3.60. The molecule has 6 heteroatoms. The van der Waals surface area contributed by atoms with E-state index in [0.29, 0.717) is 24.3 Å². The number of nitrogens with zero attached hydrogens (tertiary/aromatic N) is 1. The molecule has 2 aliphatic heterocycles. The molecule has 0 spiro atoms. The molecule has 1 N–H and O–H groups in total. The molecule has 0 radical (unpaired) electrons. The minimum Gasteiger partial charge on any atom is -0.488 e. The normalized spacial score (nSPS) is 25.8. The molecule has 1 amide bonds. The fourth-order valence-corrected chi connectivity index (χ4v) is 3.80. The molecule has 2 heterocycles. The first kappa shape index (κ1) is 13.7. The quantitative estimate of drug-likeness (QED) is 0.851. The van der Waals surface area contributed by atoms with Gasteiger partial charge in [0.25, 0.3) is 5.91 Å². The summed E-state index contributed by atoms with van der Waals surface area (Å²) in [6.07, 6.45) is 0.476. The van der Waals surface area contributed by atoms with Gasteiger partial charge in [-0.05, 0) is 18.2 Å². The number of ether oxygens (including phenoxy) is 1. The predicted octanol–water partition coefficient (Wildman–Crippen LogP) is 1.41. The van der Waals surface area contributed by atoms with Crippen LogP contribution in [0.15, 0.2) is 18.2 Å². The van der Waals surface area contributed by atoms with Crippen LogP contribution in [0.2, 0.25) is 0 Å². The molecule has 1 aromatic rings. The van der Waals surface area contributed by atoms with Crippen LogP contribution in [0, 0.1) is 5.82 Å². The first-order valence-corrected chi connectivity index (χ1v) is 7.75. The lowest BCUT2D eigenvalue weighted by molar-refractivity contribution is -0.149. The second-order valence-corrected chi connectivity index (χ2v) is 6.24. The zero-order valence-corrected chi connectivity index (χ0v) is 11.8. The number of halogens is 1. The van der Waals surface area contributed by atoms with E-state index >= 15 is 0 Å². The molecule has 3 rings (SSSR count). The maximum absolute atomic E-state index is 13.7. The van der Waals surface area contributed by atoms with Crippen LogP contribution in [0.5, 0.6) is 5.75 Å². The van der Waals surface area contributed by atoms with Gasteiger partial charge >= 0.3 is 0 Å². The number of para-hydroxylation sites is 1. The predicted molar refractivity (Wildman–Crippen MR) is 74.2 cm³/mol. The molecule has 0 aromatic heterocycles. The first-order chi connectivity index (χ1) is 9.60. The van der Waals surface area contributed by atoms with Crippen LogP contribution in [0.4, 0.5) is 4.39 Å². The van der Waals surface area contributed by atoms with E-state index in [9.17, 15) is 14.3 Å². The lowest BCUT2D eigenvalue weighted by atomic mass is 10.0. The number of aliphatic hydroxyl groups is 1. The van der Waals surface area contributed by atoms with Crippen molar-refractivity contribution in [2.75, 3.05) is 24.7 Å². The van der Waals surface area contributed by atoms with Gasteiger partial charge < -0.3 is 14.7 Å². The third-order valence-electron chi connectivity index (χ3n) is 3.70. The van der Waals surface area contributed by atoms with Crippen molar-refractivity contribution >= 4 is 17.7 Å². The average molecular weight is 297 g/mol. The van der Waals surface area contributed by atoms with Crippen LogP contribution in [0.3, 0.4) is 0 Å². The minimum atomic E-state index is -1.28. The zero-order chi connectivity index (χ0) is 14.2. The summed E-state index contributed by atoms with van der Waals surface area (Å²) in [6.45, 7) is 0.877. The highest BCUT2D eigenvalue weighted by Crippen LogP contribution is 2.32. The van der Waals surface area contributed by atoms with Crippen molar-refractivity contribution < 1.29 is 19.0 Å². The Balaban J connectivity index is 1.84. The van der Waals surface area contributed by atoms with Crippen LogP contribution in [-0.4, -0.2) is 46.2 Å². The number of hydrogen-bond acceptors (Lipinski definition) is 4. The monoisotopic (exact) mass is 297 g/mol. The van der Waals surface area contributed by atoms with Crippen molar-refractivity contribution in [2.45, 2.75) is 18.6 Å². The Morgan fingerprint density at radius 2 is 2.35 bits per heavy atom. The molecule has 2 aliphatic rings. The van der Waals surface area contributed by atoms with Gasteiger partial charge in [0.05, 0.1) is 6.54 Å². The molecule has 1 fully saturated rings. The summed E-state index contributed by atoms with van der Waals surface area (Å²) in [4.78, 5) is 14.0. The molecule has 0 aliphatic carbocycles. The van der Waals surface area contributed by atoms with E-state index in [4.69, 9.17) is 4.74 Å².